The maximum absolute atomic E-state index is 13.9. The highest BCUT2D eigenvalue weighted by Crippen LogP contribution is 2.79. The van der Waals surface area contributed by atoms with Crippen molar-refractivity contribution in [3.05, 3.63) is 0 Å². The normalized spacial score (nSPS) is 62.9. The van der Waals surface area contributed by atoms with Gasteiger partial charge in [-0.2, -0.15) is 0 Å². The highest BCUT2D eigenvalue weighted by Gasteiger charge is 2.90. The van der Waals surface area contributed by atoms with Gasteiger partial charge < -0.3 is 9.84 Å². The van der Waals surface area contributed by atoms with Crippen molar-refractivity contribution < 1.29 is 19.4 Å². The minimum atomic E-state index is -1.53. The molecular formula is C20H28O4. The molecule has 0 aromatic rings. The van der Waals surface area contributed by atoms with Crippen LogP contribution in [0.4, 0.5) is 0 Å². The molecule has 1 spiro atoms. The Morgan fingerprint density at radius 1 is 1.08 bits per heavy atom. The molecule has 9 atom stereocenters. The van der Waals surface area contributed by atoms with Gasteiger partial charge in [-0.25, -0.2) is 0 Å². The van der Waals surface area contributed by atoms with Gasteiger partial charge in [-0.15, -0.1) is 0 Å². The van der Waals surface area contributed by atoms with Crippen LogP contribution in [0, 0.1) is 40.4 Å². The number of ketones is 2. The second-order valence-corrected chi connectivity index (χ2v) is 10.1. The molecular weight excluding hydrogens is 304 g/mol. The van der Waals surface area contributed by atoms with Gasteiger partial charge in [0.25, 0.3) is 0 Å². The Balaban J connectivity index is 1.87. The number of carbonyl (C=O) groups excluding carboxylic acids is 2. The minimum Gasteiger partial charge on any atom is -0.381 e. The molecule has 2 bridgehead atoms. The molecule has 0 amide bonds. The van der Waals surface area contributed by atoms with Crippen LogP contribution in [0.3, 0.4) is 0 Å². The van der Waals surface area contributed by atoms with E-state index in [1.165, 1.54) is 0 Å². The topological polar surface area (TPSA) is 63.6 Å². The van der Waals surface area contributed by atoms with E-state index in [1.54, 1.807) is 0 Å². The summed E-state index contributed by atoms with van der Waals surface area (Å²) >= 11 is 0. The van der Waals surface area contributed by atoms with Crippen molar-refractivity contribution in [3.8, 4) is 0 Å². The molecule has 5 aliphatic rings. The molecule has 24 heavy (non-hydrogen) atoms. The number of aliphatic hydroxyl groups is 1. The highest BCUT2D eigenvalue weighted by atomic mass is 16.5. The summed E-state index contributed by atoms with van der Waals surface area (Å²) < 4.78 is 6.20. The van der Waals surface area contributed by atoms with Crippen LogP contribution in [0.2, 0.25) is 0 Å². The van der Waals surface area contributed by atoms with Crippen molar-refractivity contribution in [2.24, 2.45) is 40.4 Å². The Morgan fingerprint density at radius 3 is 2.42 bits per heavy atom. The Labute approximate surface area is 143 Å². The standard InChI is InChI=1S/C20H28O4/c1-9-8-12-13-17(3,4)24-15-14(21)20(23)10(2)6-7-11(9)19(12,20)16(22)18(13,15)5/h9-13,15,23H,6-8H2,1-5H3/t9-,10-,11+,12-,13+,15+,18+,19+,20+/m0/s1. The van der Waals surface area contributed by atoms with Gasteiger partial charge in [0.15, 0.2) is 11.6 Å². The molecule has 1 aliphatic heterocycles. The third-order valence-electron chi connectivity index (χ3n) is 8.98. The van der Waals surface area contributed by atoms with E-state index in [4.69, 9.17) is 4.74 Å². The van der Waals surface area contributed by atoms with Gasteiger partial charge in [0.05, 0.1) is 16.4 Å². The molecule has 0 aromatic carbocycles. The molecule has 0 radical (unpaired) electrons. The van der Waals surface area contributed by atoms with Crippen LogP contribution in [-0.4, -0.2) is 34.0 Å². The lowest BCUT2D eigenvalue weighted by Crippen LogP contribution is -2.74. The third-order valence-corrected chi connectivity index (χ3v) is 8.98. The summed E-state index contributed by atoms with van der Waals surface area (Å²) in [6.07, 6.45) is 1.92. The zero-order valence-corrected chi connectivity index (χ0v) is 15.3. The summed E-state index contributed by atoms with van der Waals surface area (Å²) in [5.41, 5.74) is -3.64. The minimum absolute atomic E-state index is 0.0261. The molecule has 5 rings (SSSR count). The number of Topliss-reactive ketones (excluding diaryl/α,β-unsaturated/α-hetero) is 2. The maximum Gasteiger partial charge on any atom is 0.195 e. The fourth-order valence-corrected chi connectivity index (χ4v) is 8.47. The van der Waals surface area contributed by atoms with E-state index in [2.05, 4.69) is 6.92 Å². The van der Waals surface area contributed by atoms with Crippen molar-refractivity contribution in [2.75, 3.05) is 0 Å². The van der Waals surface area contributed by atoms with Crippen molar-refractivity contribution in [2.45, 2.75) is 71.2 Å². The largest absolute Gasteiger partial charge is 0.381 e. The van der Waals surface area contributed by atoms with E-state index in [0.29, 0.717) is 5.92 Å². The second kappa shape index (κ2) is 3.83. The zero-order chi connectivity index (χ0) is 17.4. The maximum atomic E-state index is 13.9. The first-order chi connectivity index (χ1) is 11.1. The number of rotatable bonds is 0. The lowest BCUT2D eigenvalue weighted by atomic mass is 9.46. The Bertz CT molecular complexity index is 683. The SMILES string of the molecule is C[C@H]1C[C@H]2[C@@H]3C(C)(C)O[C@@H]4C(=O)[C@]5(O)[C@@H](C)CC[C@H]1[C@]25C(=O)[C@@]43C. The Kier molecular flexibility index (Phi) is 2.47. The van der Waals surface area contributed by atoms with Gasteiger partial charge in [0, 0.05) is 5.92 Å². The van der Waals surface area contributed by atoms with E-state index in [1.807, 2.05) is 27.7 Å². The van der Waals surface area contributed by atoms with Crippen LogP contribution in [0.25, 0.3) is 0 Å². The fraction of sp³-hybridized carbons (Fsp3) is 0.900. The molecule has 4 nitrogen and oxygen atoms in total. The molecule has 1 N–H and O–H groups in total. The average molecular weight is 332 g/mol. The van der Waals surface area contributed by atoms with Gasteiger partial charge >= 0.3 is 0 Å². The first-order valence-electron chi connectivity index (χ1n) is 9.55. The van der Waals surface area contributed by atoms with Crippen LogP contribution < -0.4 is 0 Å². The van der Waals surface area contributed by atoms with E-state index in [-0.39, 0.29) is 35.2 Å². The fourth-order valence-electron chi connectivity index (χ4n) is 8.47. The van der Waals surface area contributed by atoms with Crippen LogP contribution in [0.1, 0.15) is 53.9 Å². The second-order valence-electron chi connectivity index (χ2n) is 10.1. The first kappa shape index (κ1) is 15.5. The summed E-state index contributed by atoms with van der Waals surface area (Å²) in [5, 5.41) is 11.8. The zero-order valence-electron chi connectivity index (χ0n) is 15.3. The molecule has 0 unspecified atom stereocenters. The summed E-state index contributed by atoms with van der Waals surface area (Å²) in [4.78, 5) is 27.5. The lowest BCUT2D eigenvalue weighted by molar-refractivity contribution is -0.221. The van der Waals surface area contributed by atoms with Crippen molar-refractivity contribution >= 4 is 11.6 Å². The number of fused-ring (bicyclic) bond motifs is 1. The summed E-state index contributed by atoms with van der Waals surface area (Å²) in [6.45, 7) is 10.2. The van der Waals surface area contributed by atoms with E-state index in [0.717, 1.165) is 19.3 Å². The quantitative estimate of drug-likeness (QED) is 0.740. The molecule has 1 heterocycles. The Hall–Kier alpha value is -0.740. The number of hydrogen-bond acceptors (Lipinski definition) is 4. The number of hydrogen-bond donors (Lipinski definition) is 1. The van der Waals surface area contributed by atoms with Crippen molar-refractivity contribution in [1.29, 1.82) is 0 Å². The van der Waals surface area contributed by atoms with Crippen LogP contribution in [0.15, 0.2) is 0 Å². The molecule has 4 aliphatic carbocycles. The van der Waals surface area contributed by atoms with Gasteiger partial charge in [0.1, 0.15) is 11.7 Å². The summed E-state index contributed by atoms with van der Waals surface area (Å²) in [5.74, 6) is 0.376. The van der Waals surface area contributed by atoms with Gasteiger partial charge in [-0.1, -0.05) is 13.8 Å². The Morgan fingerprint density at radius 2 is 1.75 bits per heavy atom. The molecule has 0 aromatic heterocycles. The van der Waals surface area contributed by atoms with Crippen molar-refractivity contribution in [3.63, 3.8) is 0 Å². The predicted octanol–water partition coefficient (Wildman–Crippen LogP) is 2.37. The predicted molar refractivity (Wildman–Crippen MR) is 87.1 cm³/mol. The third kappa shape index (κ3) is 1.12. The molecule has 4 heteroatoms. The number of carbonyl (C=O) groups is 2. The lowest BCUT2D eigenvalue weighted by Gasteiger charge is -2.58. The van der Waals surface area contributed by atoms with Gasteiger partial charge in [0.2, 0.25) is 0 Å². The van der Waals surface area contributed by atoms with Crippen molar-refractivity contribution in [1.82, 2.24) is 0 Å². The number of ether oxygens (including phenoxy) is 1. The van der Waals surface area contributed by atoms with E-state index in [9.17, 15) is 14.7 Å². The van der Waals surface area contributed by atoms with Crippen LogP contribution >= 0.6 is 0 Å². The first-order valence-corrected chi connectivity index (χ1v) is 9.55. The smallest absolute Gasteiger partial charge is 0.195 e. The van der Waals surface area contributed by atoms with Gasteiger partial charge in [-0.3, -0.25) is 9.59 Å². The van der Waals surface area contributed by atoms with Crippen LogP contribution in [0.5, 0.6) is 0 Å². The molecule has 1 saturated heterocycles. The molecule has 132 valence electrons. The van der Waals surface area contributed by atoms with E-state index < -0.39 is 28.1 Å². The van der Waals surface area contributed by atoms with Crippen LogP contribution in [-0.2, 0) is 14.3 Å². The summed E-state index contributed by atoms with van der Waals surface area (Å²) in [6, 6.07) is 0. The summed E-state index contributed by atoms with van der Waals surface area (Å²) in [7, 11) is 0. The van der Waals surface area contributed by atoms with E-state index >= 15 is 0 Å². The molecule has 4 saturated carbocycles. The average Bonchev–Trinajstić information content (AvgIpc) is 2.96. The van der Waals surface area contributed by atoms with Gasteiger partial charge in [-0.05, 0) is 63.7 Å². The monoisotopic (exact) mass is 332 g/mol. The highest BCUT2D eigenvalue weighted by molar-refractivity contribution is 6.12. The molecule has 5 fully saturated rings.